The second kappa shape index (κ2) is 2.91. The number of anilines is 1. The molecule has 0 bridgehead atoms. The van der Waals surface area contributed by atoms with Gasteiger partial charge in [0.15, 0.2) is 0 Å². The summed E-state index contributed by atoms with van der Waals surface area (Å²) >= 11 is 0. The zero-order chi connectivity index (χ0) is 9.42. The third-order valence-electron chi connectivity index (χ3n) is 2.50. The lowest BCUT2D eigenvalue weighted by atomic mass is 10.1. The van der Waals surface area contributed by atoms with E-state index < -0.39 is 0 Å². The molecule has 0 amide bonds. The predicted molar refractivity (Wildman–Crippen MR) is 56.9 cm³/mol. The summed E-state index contributed by atoms with van der Waals surface area (Å²) in [5.74, 6) is 0. The average Bonchev–Trinajstić information content (AvgIpc) is 2.39. The second-order valence-corrected chi connectivity index (χ2v) is 3.84. The summed E-state index contributed by atoms with van der Waals surface area (Å²) in [4.78, 5) is 2.31. The van der Waals surface area contributed by atoms with E-state index in [-0.39, 0.29) is 0 Å². The van der Waals surface area contributed by atoms with Gasteiger partial charge in [0, 0.05) is 23.8 Å². The van der Waals surface area contributed by atoms with Crippen molar-refractivity contribution in [3.05, 3.63) is 42.1 Å². The maximum absolute atomic E-state index is 4.10. The standard InChI is InChI=1S/C12H15N/c1-9(2)13-10(3)8-11-6-4-5-7-12(11)13/h4-7,9H,3,8H2,1-2H3. The summed E-state index contributed by atoms with van der Waals surface area (Å²) in [6, 6.07) is 9.05. The van der Waals surface area contributed by atoms with E-state index in [9.17, 15) is 0 Å². The zero-order valence-corrected chi connectivity index (χ0v) is 8.25. The van der Waals surface area contributed by atoms with Crippen LogP contribution in [0.25, 0.3) is 0 Å². The van der Waals surface area contributed by atoms with Gasteiger partial charge in [-0.2, -0.15) is 0 Å². The van der Waals surface area contributed by atoms with Gasteiger partial charge in [-0.3, -0.25) is 0 Å². The van der Waals surface area contributed by atoms with Crippen molar-refractivity contribution < 1.29 is 0 Å². The molecule has 0 unspecified atom stereocenters. The van der Waals surface area contributed by atoms with Crippen molar-refractivity contribution in [3.63, 3.8) is 0 Å². The van der Waals surface area contributed by atoms with Gasteiger partial charge in [-0.05, 0) is 25.5 Å². The third-order valence-corrected chi connectivity index (χ3v) is 2.50. The minimum atomic E-state index is 0.510. The topological polar surface area (TPSA) is 3.24 Å². The minimum Gasteiger partial charge on any atom is -0.343 e. The SMILES string of the molecule is C=C1Cc2ccccc2N1C(C)C. The van der Waals surface area contributed by atoms with Crippen molar-refractivity contribution in [3.8, 4) is 0 Å². The number of para-hydroxylation sites is 1. The highest BCUT2D eigenvalue weighted by Gasteiger charge is 2.23. The maximum atomic E-state index is 4.10. The van der Waals surface area contributed by atoms with Crippen LogP contribution < -0.4 is 4.90 Å². The van der Waals surface area contributed by atoms with Gasteiger partial charge in [0.1, 0.15) is 0 Å². The Morgan fingerprint density at radius 1 is 1.31 bits per heavy atom. The summed E-state index contributed by atoms with van der Waals surface area (Å²) in [6.07, 6.45) is 1.01. The number of benzene rings is 1. The molecule has 1 aliphatic rings. The van der Waals surface area contributed by atoms with Crippen LogP contribution in [-0.4, -0.2) is 6.04 Å². The molecule has 0 saturated heterocycles. The molecule has 0 saturated carbocycles. The van der Waals surface area contributed by atoms with Gasteiger partial charge < -0.3 is 4.90 Å². The lowest BCUT2D eigenvalue weighted by Crippen LogP contribution is -2.26. The fraction of sp³-hybridized carbons (Fsp3) is 0.333. The van der Waals surface area contributed by atoms with Crippen LogP contribution in [0.2, 0.25) is 0 Å². The molecule has 68 valence electrons. The van der Waals surface area contributed by atoms with Gasteiger partial charge >= 0.3 is 0 Å². The first-order valence-electron chi connectivity index (χ1n) is 4.75. The Labute approximate surface area is 79.7 Å². The van der Waals surface area contributed by atoms with Crippen molar-refractivity contribution in [1.29, 1.82) is 0 Å². The lowest BCUT2D eigenvalue weighted by Gasteiger charge is -2.25. The van der Waals surface area contributed by atoms with Gasteiger partial charge in [0.05, 0.1) is 0 Å². The zero-order valence-electron chi connectivity index (χ0n) is 8.25. The highest BCUT2D eigenvalue weighted by molar-refractivity contribution is 5.64. The van der Waals surface area contributed by atoms with Crippen molar-refractivity contribution in [1.82, 2.24) is 0 Å². The Hall–Kier alpha value is -1.24. The quantitative estimate of drug-likeness (QED) is 0.631. The first kappa shape index (κ1) is 8.36. The fourth-order valence-electron chi connectivity index (χ4n) is 2.01. The van der Waals surface area contributed by atoms with Crippen LogP contribution in [0.5, 0.6) is 0 Å². The second-order valence-electron chi connectivity index (χ2n) is 3.84. The number of fused-ring (bicyclic) bond motifs is 1. The molecule has 0 aliphatic carbocycles. The average molecular weight is 173 g/mol. The van der Waals surface area contributed by atoms with Crippen LogP contribution in [0, 0.1) is 0 Å². The number of hydrogen-bond acceptors (Lipinski definition) is 1. The van der Waals surface area contributed by atoms with Crippen molar-refractivity contribution in [2.24, 2.45) is 0 Å². The monoisotopic (exact) mass is 173 g/mol. The number of nitrogens with zero attached hydrogens (tertiary/aromatic N) is 1. The van der Waals surface area contributed by atoms with E-state index in [2.05, 4.69) is 49.6 Å². The molecule has 0 spiro atoms. The van der Waals surface area contributed by atoms with Crippen molar-refractivity contribution in [2.45, 2.75) is 26.3 Å². The summed E-state index contributed by atoms with van der Waals surface area (Å²) < 4.78 is 0. The van der Waals surface area contributed by atoms with E-state index in [4.69, 9.17) is 0 Å². The molecule has 0 radical (unpaired) electrons. The molecule has 1 aliphatic heterocycles. The van der Waals surface area contributed by atoms with Crippen LogP contribution >= 0.6 is 0 Å². The Morgan fingerprint density at radius 3 is 2.69 bits per heavy atom. The van der Waals surface area contributed by atoms with E-state index in [1.165, 1.54) is 16.9 Å². The molecule has 0 fully saturated rings. The summed E-state index contributed by atoms with van der Waals surface area (Å²) in [7, 11) is 0. The summed E-state index contributed by atoms with van der Waals surface area (Å²) in [6.45, 7) is 8.50. The Bertz CT molecular complexity index is 339. The molecule has 0 aromatic heterocycles. The molecule has 2 rings (SSSR count). The molecular formula is C12H15N. The first-order valence-corrected chi connectivity index (χ1v) is 4.75. The van der Waals surface area contributed by atoms with Crippen LogP contribution in [0.3, 0.4) is 0 Å². The van der Waals surface area contributed by atoms with Crippen LogP contribution in [0.15, 0.2) is 36.5 Å². The van der Waals surface area contributed by atoms with Crippen LogP contribution in [0.4, 0.5) is 5.69 Å². The van der Waals surface area contributed by atoms with E-state index in [1.54, 1.807) is 0 Å². The summed E-state index contributed by atoms with van der Waals surface area (Å²) in [5, 5.41) is 0. The maximum Gasteiger partial charge on any atom is 0.0447 e. The lowest BCUT2D eigenvalue weighted by molar-refractivity contribution is 0.764. The summed E-state index contributed by atoms with van der Waals surface area (Å²) in [5.41, 5.74) is 3.96. The molecular weight excluding hydrogens is 158 g/mol. The smallest absolute Gasteiger partial charge is 0.0447 e. The number of allylic oxidation sites excluding steroid dienone is 1. The van der Waals surface area contributed by atoms with E-state index in [0.717, 1.165) is 6.42 Å². The van der Waals surface area contributed by atoms with E-state index in [1.807, 2.05) is 0 Å². The predicted octanol–water partition coefficient (Wildman–Crippen LogP) is 2.97. The Morgan fingerprint density at radius 2 is 2.00 bits per heavy atom. The first-order chi connectivity index (χ1) is 6.20. The largest absolute Gasteiger partial charge is 0.343 e. The van der Waals surface area contributed by atoms with Crippen LogP contribution in [-0.2, 0) is 6.42 Å². The highest BCUT2D eigenvalue weighted by Crippen LogP contribution is 2.34. The molecule has 1 heteroatoms. The number of hydrogen-bond donors (Lipinski definition) is 0. The van der Waals surface area contributed by atoms with Crippen molar-refractivity contribution in [2.75, 3.05) is 4.90 Å². The molecule has 0 atom stereocenters. The molecule has 13 heavy (non-hydrogen) atoms. The highest BCUT2D eigenvalue weighted by atomic mass is 15.2. The van der Waals surface area contributed by atoms with Crippen molar-refractivity contribution >= 4 is 5.69 Å². The fourth-order valence-corrected chi connectivity index (χ4v) is 2.01. The Balaban J connectivity index is 2.46. The van der Waals surface area contributed by atoms with Gasteiger partial charge in [0.25, 0.3) is 0 Å². The van der Waals surface area contributed by atoms with E-state index in [0.29, 0.717) is 6.04 Å². The van der Waals surface area contributed by atoms with Gasteiger partial charge in [-0.15, -0.1) is 0 Å². The molecule has 1 nitrogen and oxygen atoms in total. The molecule has 0 N–H and O–H groups in total. The normalized spacial score (nSPS) is 15.3. The number of rotatable bonds is 1. The molecule has 1 aromatic carbocycles. The Kier molecular flexibility index (Phi) is 1.87. The molecule has 1 heterocycles. The van der Waals surface area contributed by atoms with Gasteiger partial charge in [-0.1, -0.05) is 24.8 Å². The third kappa shape index (κ3) is 1.24. The molecule has 1 aromatic rings. The van der Waals surface area contributed by atoms with Crippen LogP contribution in [0.1, 0.15) is 19.4 Å². The van der Waals surface area contributed by atoms with E-state index >= 15 is 0 Å². The van der Waals surface area contributed by atoms with Gasteiger partial charge in [-0.25, -0.2) is 0 Å². The minimum absolute atomic E-state index is 0.510. The van der Waals surface area contributed by atoms with Gasteiger partial charge in [0.2, 0.25) is 0 Å².